The molecule has 3 nitrogen and oxygen atoms in total. The number of ether oxygens (including phenoxy) is 1. The number of benzene rings is 1. The van der Waals surface area contributed by atoms with Crippen LogP contribution in [0.2, 0.25) is 0 Å². The van der Waals surface area contributed by atoms with Gasteiger partial charge in [-0.3, -0.25) is 4.90 Å². The minimum atomic E-state index is -4.22. The van der Waals surface area contributed by atoms with Crippen molar-refractivity contribution in [2.45, 2.75) is 42.6 Å². The Kier molecular flexibility index (Phi) is 7.10. The number of hydrogen-bond donors (Lipinski definition) is 0. The molecule has 1 aromatic rings. The van der Waals surface area contributed by atoms with Gasteiger partial charge in [0.05, 0.1) is 6.61 Å². The number of halogens is 3. The summed E-state index contributed by atoms with van der Waals surface area (Å²) in [6.07, 6.45) is 5.21. The van der Waals surface area contributed by atoms with Crippen LogP contribution in [-0.2, 0) is 11.3 Å². The van der Waals surface area contributed by atoms with E-state index in [1.54, 1.807) is 12.1 Å². The van der Waals surface area contributed by atoms with Crippen LogP contribution in [0.25, 0.3) is 0 Å². The van der Waals surface area contributed by atoms with Crippen LogP contribution in [0.3, 0.4) is 0 Å². The van der Waals surface area contributed by atoms with Gasteiger partial charge < -0.3 is 9.64 Å². The summed E-state index contributed by atoms with van der Waals surface area (Å²) in [5.41, 5.74) is -3.13. The van der Waals surface area contributed by atoms with E-state index in [0.29, 0.717) is 5.92 Å². The summed E-state index contributed by atoms with van der Waals surface area (Å²) in [7, 11) is 0. The van der Waals surface area contributed by atoms with Gasteiger partial charge in [-0.1, -0.05) is 18.6 Å². The average Bonchev–Trinajstić information content (AvgIpc) is 3.14. The summed E-state index contributed by atoms with van der Waals surface area (Å²) in [5, 5.41) is 0. The molecule has 4 rings (SSSR count). The Bertz CT molecular complexity index is 636. The highest BCUT2D eigenvalue weighted by Crippen LogP contribution is 2.52. The zero-order valence-corrected chi connectivity index (χ0v) is 17.7. The summed E-state index contributed by atoms with van der Waals surface area (Å²) in [5.74, 6) is 2.21. The summed E-state index contributed by atoms with van der Waals surface area (Å²) >= 11 is -0.0513. The van der Waals surface area contributed by atoms with Crippen LogP contribution in [0.1, 0.15) is 31.2 Å². The molecule has 2 saturated heterocycles. The van der Waals surface area contributed by atoms with Gasteiger partial charge in [0.2, 0.25) is 0 Å². The molecule has 1 saturated carbocycles. The second kappa shape index (κ2) is 9.58. The first-order chi connectivity index (χ1) is 14.0. The molecule has 3 fully saturated rings. The number of fused-ring (bicyclic) bond motifs is 1. The van der Waals surface area contributed by atoms with Crippen molar-refractivity contribution >= 4 is 11.8 Å². The van der Waals surface area contributed by atoms with Gasteiger partial charge in [-0.2, -0.15) is 13.2 Å². The van der Waals surface area contributed by atoms with Crippen molar-refractivity contribution in [2.24, 2.45) is 17.8 Å². The maximum absolute atomic E-state index is 12.4. The molecule has 29 heavy (non-hydrogen) atoms. The molecule has 0 bridgehead atoms. The first-order valence-corrected chi connectivity index (χ1v) is 11.7. The van der Waals surface area contributed by atoms with E-state index in [-0.39, 0.29) is 16.7 Å². The second-order valence-electron chi connectivity index (χ2n) is 8.71. The van der Waals surface area contributed by atoms with Gasteiger partial charge in [0.25, 0.3) is 0 Å². The minimum Gasteiger partial charge on any atom is -0.381 e. The van der Waals surface area contributed by atoms with E-state index in [1.165, 1.54) is 38.9 Å². The van der Waals surface area contributed by atoms with Crippen LogP contribution >= 0.6 is 11.8 Å². The molecule has 1 aromatic carbocycles. The quantitative estimate of drug-likeness (QED) is 0.412. The van der Waals surface area contributed by atoms with E-state index in [4.69, 9.17) is 4.74 Å². The fraction of sp³-hybridized carbons (Fsp3) is 0.727. The molecule has 162 valence electrons. The van der Waals surface area contributed by atoms with Crippen LogP contribution in [0.4, 0.5) is 13.2 Å². The van der Waals surface area contributed by atoms with Crippen molar-refractivity contribution in [2.75, 3.05) is 45.9 Å². The predicted molar refractivity (Wildman–Crippen MR) is 110 cm³/mol. The first-order valence-electron chi connectivity index (χ1n) is 10.8. The molecule has 7 heteroatoms. The van der Waals surface area contributed by atoms with Gasteiger partial charge in [-0.15, -0.1) is 0 Å². The molecule has 0 radical (unpaired) electrons. The molecule has 2 heterocycles. The van der Waals surface area contributed by atoms with E-state index >= 15 is 0 Å². The topological polar surface area (TPSA) is 15.7 Å². The highest BCUT2D eigenvalue weighted by molar-refractivity contribution is 8.00. The Morgan fingerprint density at radius 1 is 0.966 bits per heavy atom. The Labute approximate surface area is 176 Å². The molecule has 0 aromatic heterocycles. The molecular weight excluding hydrogens is 397 g/mol. The van der Waals surface area contributed by atoms with Crippen LogP contribution in [0.15, 0.2) is 29.2 Å². The summed E-state index contributed by atoms with van der Waals surface area (Å²) in [4.78, 5) is 5.24. The molecule has 0 N–H and O–H groups in total. The number of thioether (sulfide) groups is 1. The highest BCUT2D eigenvalue weighted by Gasteiger charge is 2.55. The maximum atomic E-state index is 12.4. The third-order valence-electron chi connectivity index (χ3n) is 6.53. The van der Waals surface area contributed by atoms with Crippen molar-refractivity contribution in [3.05, 3.63) is 29.8 Å². The monoisotopic (exact) mass is 428 g/mol. The van der Waals surface area contributed by atoms with Crippen LogP contribution in [0.5, 0.6) is 0 Å². The van der Waals surface area contributed by atoms with Gasteiger partial charge in [0.15, 0.2) is 0 Å². The number of hydrogen-bond acceptors (Lipinski definition) is 4. The number of nitrogens with zero attached hydrogens (tertiary/aromatic N) is 2. The summed E-state index contributed by atoms with van der Waals surface area (Å²) in [6.45, 7) is 8.46. The fourth-order valence-electron chi connectivity index (χ4n) is 4.96. The van der Waals surface area contributed by atoms with E-state index in [1.807, 2.05) is 12.1 Å². The van der Waals surface area contributed by atoms with Gasteiger partial charge in [-0.25, -0.2) is 0 Å². The first kappa shape index (κ1) is 21.5. The zero-order valence-electron chi connectivity index (χ0n) is 16.9. The normalized spacial score (nSPS) is 27.9. The zero-order chi connectivity index (χ0) is 20.3. The molecule has 0 spiro atoms. The third kappa shape index (κ3) is 6.36. The van der Waals surface area contributed by atoms with Gasteiger partial charge in [-0.05, 0) is 79.6 Å². The standard InChI is InChI=1S/C22H31F3N2OS/c23-22(24,25)29-18-7-5-17(6-8-18)13-27-14-19-20(15-27)21(19)16-28-12-4-11-26-9-2-1-3-10-26/h5-8,19-21H,1-4,9-16H2. The largest absolute Gasteiger partial charge is 0.446 e. The van der Waals surface area contributed by atoms with E-state index in [2.05, 4.69) is 9.80 Å². The number of piperidine rings is 2. The molecule has 2 atom stereocenters. The summed E-state index contributed by atoms with van der Waals surface area (Å²) in [6, 6.07) is 6.79. The van der Waals surface area contributed by atoms with E-state index in [0.717, 1.165) is 56.7 Å². The van der Waals surface area contributed by atoms with E-state index in [9.17, 15) is 13.2 Å². The Balaban J connectivity index is 1.08. The predicted octanol–water partition coefficient (Wildman–Crippen LogP) is 4.87. The third-order valence-corrected chi connectivity index (χ3v) is 7.27. The number of alkyl halides is 3. The molecule has 3 aliphatic rings. The summed E-state index contributed by atoms with van der Waals surface area (Å²) < 4.78 is 43.2. The Hall–Kier alpha value is -0.760. The van der Waals surface area contributed by atoms with Crippen molar-refractivity contribution in [1.82, 2.24) is 9.80 Å². The lowest BCUT2D eigenvalue weighted by atomic mass is 10.1. The molecule has 1 aliphatic carbocycles. The lowest BCUT2D eigenvalue weighted by molar-refractivity contribution is -0.0328. The highest BCUT2D eigenvalue weighted by atomic mass is 32.2. The minimum absolute atomic E-state index is 0.0513. The second-order valence-corrected chi connectivity index (χ2v) is 9.85. The fourth-order valence-corrected chi connectivity index (χ4v) is 5.50. The Morgan fingerprint density at radius 3 is 2.31 bits per heavy atom. The van der Waals surface area contributed by atoms with E-state index < -0.39 is 5.51 Å². The van der Waals surface area contributed by atoms with Crippen molar-refractivity contribution in [3.8, 4) is 0 Å². The van der Waals surface area contributed by atoms with Crippen LogP contribution in [0, 0.1) is 17.8 Å². The van der Waals surface area contributed by atoms with Crippen molar-refractivity contribution < 1.29 is 17.9 Å². The average molecular weight is 429 g/mol. The SMILES string of the molecule is FC(F)(F)Sc1ccc(CN2CC3C(COCCCN4CCCCC4)C3C2)cc1. The van der Waals surface area contributed by atoms with Crippen LogP contribution < -0.4 is 0 Å². The molecule has 2 aliphatic heterocycles. The lowest BCUT2D eigenvalue weighted by Gasteiger charge is -2.26. The smallest absolute Gasteiger partial charge is 0.381 e. The van der Waals surface area contributed by atoms with Crippen molar-refractivity contribution in [3.63, 3.8) is 0 Å². The van der Waals surface area contributed by atoms with Gasteiger partial charge in [0.1, 0.15) is 0 Å². The van der Waals surface area contributed by atoms with Gasteiger partial charge in [0, 0.05) is 37.7 Å². The molecule has 0 amide bonds. The van der Waals surface area contributed by atoms with Crippen LogP contribution in [-0.4, -0.2) is 61.2 Å². The van der Waals surface area contributed by atoms with Crippen molar-refractivity contribution in [1.29, 1.82) is 0 Å². The van der Waals surface area contributed by atoms with Gasteiger partial charge >= 0.3 is 5.51 Å². The Morgan fingerprint density at radius 2 is 1.66 bits per heavy atom. The maximum Gasteiger partial charge on any atom is 0.446 e. The molecule has 2 unspecified atom stereocenters. The number of likely N-dealkylation sites (tertiary alicyclic amines) is 2. The molecular formula is C22H31F3N2OS. The number of rotatable bonds is 9. The lowest BCUT2D eigenvalue weighted by Crippen LogP contribution is -2.31.